The van der Waals surface area contributed by atoms with Crippen molar-refractivity contribution >= 4 is 29.5 Å². The molecule has 0 spiro atoms. The SMILES string of the molecule is C#CCNC(=O)C1N(C(=O)[C@@H](O)[CH]Cc2ccccc2)CS[C@@]1(C)C(N)=O. The summed E-state index contributed by atoms with van der Waals surface area (Å²) in [6.07, 6.45) is 5.58. The summed E-state index contributed by atoms with van der Waals surface area (Å²) in [4.78, 5) is 38.4. The normalized spacial score (nSPS) is 22.7. The minimum atomic E-state index is -1.41. The molecule has 143 valence electrons. The maximum absolute atomic E-state index is 12.7. The number of hydrogen-bond donors (Lipinski definition) is 3. The Morgan fingerprint density at radius 2 is 2.15 bits per heavy atom. The lowest BCUT2D eigenvalue weighted by molar-refractivity contribution is -0.146. The minimum Gasteiger partial charge on any atom is -0.383 e. The van der Waals surface area contributed by atoms with Gasteiger partial charge < -0.3 is 21.1 Å². The van der Waals surface area contributed by atoms with Crippen LogP contribution in [0.15, 0.2) is 30.3 Å². The first-order chi connectivity index (χ1) is 12.8. The van der Waals surface area contributed by atoms with Crippen molar-refractivity contribution in [3.05, 3.63) is 42.3 Å². The van der Waals surface area contributed by atoms with Gasteiger partial charge in [0.05, 0.1) is 12.4 Å². The second kappa shape index (κ2) is 8.93. The highest BCUT2D eigenvalue weighted by atomic mass is 32.2. The average Bonchev–Trinajstić information content (AvgIpc) is 3.03. The Balaban J connectivity index is 2.13. The van der Waals surface area contributed by atoms with Crippen molar-refractivity contribution in [1.29, 1.82) is 0 Å². The summed E-state index contributed by atoms with van der Waals surface area (Å²) in [5.41, 5.74) is 6.41. The fraction of sp³-hybridized carbons (Fsp3) is 0.368. The lowest BCUT2D eigenvalue weighted by atomic mass is 9.97. The molecule has 3 amide bonds. The molecule has 1 saturated heterocycles. The van der Waals surface area contributed by atoms with Gasteiger partial charge in [-0.05, 0) is 18.9 Å². The van der Waals surface area contributed by atoms with Crippen molar-refractivity contribution in [2.24, 2.45) is 5.73 Å². The standard InChI is InChI=1S/C19H22N3O4S/c1-3-11-21-16(24)15-19(2,18(20)26)27-12-22(15)17(25)14(23)10-9-13-7-5-4-6-8-13/h1,4-8,10,14-15,23H,9,11-12H2,2H3,(H2,20,26)(H,21,24)/t14-,15?,19+/m0/s1. The molecule has 0 aromatic heterocycles. The fourth-order valence-electron chi connectivity index (χ4n) is 2.81. The first-order valence-corrected chi connectivity index (χ1v) is 9.30. The van der Waals surface area contributed by atoms with Gasteiger partial charge in [-0.2, -0.15) is 0 Å². The molecular formula is C19H22N3O4S. The van der Waals surface area contributed by atoms with E-state index in [0.29, 0.717) is 6.42 Å². The largest absolute Gasteiger partial charge is 0.383 e. The summed E-state index contributed by atoms with van der Waals surface area (Å²) in [5, 5.41) is 12.8. The zero-order valence-electron chi connectivity index (χ0n) is 14.9. The third-order valence-corrected chi connectivity index (χ3v) is 5.83. The van der Waals surface area contributed by atoms with Crippen LogP contribution in [0.25, 0.3) is 0 Å². The van der Waals surface area contributed by atoms with Gasteiger partial charge in [0.15, 0.2) is 0 Å². The molecule has 7 nitrogen and oxygen atoms in total. The number of aliphatic hydroxyl groups is 1. The Morgan fingerprint density at radius 1 is 1.48 bits per heavy atom. The zero-order chi connectivity index (χ0) is 20.0. The number of nitrogens with two attached hydrogens (primary N) is 1. The van der Waals surface area contributed by atoms with E-state index < -0.39 is 34.6 Å². The van der Waals surface area contributed by atoms with Crippen LogP contribution in [0.5, 0.6) is 0 Å². The van der Waals surface area contributed by atoms with Gasteiger partial charge in [0.25, 0.3) is 5.91 Å². The Kier molecular flexibility index (Phi) is 6.88. The number of carbonyl (C=O) groups is 3. The van der Waals surface area contributed by atoms with E-state index in [2.05, 4.69) is 11.2 Å². The van der Waals surface area contributed by atoms with Crippen LogP contribution in [0, 0.1) is 18.8 Å². The number of aliphatic hydroxyl groups excluding tert-OH is 1. The van der Waals surface area contributed by atoms with Gasteiger partial charge in [0, 0.05) is 6.42 Å². The number of benzene rings is 1. The number of rotatable bonds is 7. The molecule has 0 saturated carbocycles. The highest BCUT2D eigenvalue weighted by molar-refractivity contribution is 8.01. The van der Waals surface area contributed by atoms with E-state index in [4.69, 9.17) is 12.2 Å². The van der Waals surface area contributed by atoms with Crippen LogP contribution >= 0.6 is 11.8 Å². The molecule has 4 N–H and O–H groups in total. The summed E-state index contributed by atoms with van der Waals surface area (Å²) in [5.74, 6) is 0.369. The molecule has 1 radical (unpaired) electrons. The molecule has 2 rings (SSSR count). The van der Waals surface area contributed by atoms with E-state index in [9.17, 15) is 19.5 Å². The Morgan fingerprint density at radius 3 is 2.74 bits per heavy atom. The minimum absolute atomic E-state index is 0.0421. The van der Waals surface area contributed by atoms with Crippen LogP contribution in [0.3, 0.4) is 0 Å². The number of amides is 3. The molecule has 1 aliphatic rings. The number of terminal acetylenes is 1. The zero-order valence-corrected chi connectivity index (χ0v) is 15.7. The maximum atomic E-state index is 12.7. The van der Waals surface area contributed by atoms with Crippen molar-refractivity contribution < 1.29 is 19.5 Å². The van der Waals surface area contributed by atoms with Crippen LogP contribution in [-0.4, -0.2) is 57.0 Å². The van der Waals surface area contributed by atoms with Crippen LogP contribution in [0.1, 0.15) is 12.5 Å². The van der Waals surface area contributed by atoms with E-state index in [1.165, 1.54) is 18.2 Å². The number of primary amides is 1. The predicted molar refractivity (Wildman–Crippen MR) is 103 cm³/mol. The molecule has 3 atom stereocenters. The van der Waals surface area contributed by atoms with Crippen molar-refractivity contribution in [1.82, 2.24) is 10.2 Å². The van der Waals surface area contributed by atoms with Gasteiger partial charge in [-0.1, -0.05) is 36.3 Å². The van der Waals surface area contributed by atoms with Gasteiger partial charge in [-0.3, -0.25) is 14.4 Å². The average molecular weight is 388 g/mol. The number of thioether (sulfide) groups is 1. The van der Waals surface area contributed by atoms with Crippen LogP contribution in [0.4, 0.5) is 0 Å². The summed E-state index contributed by atoms with van der Waals surface area (Å²) in [6, 6.07) is 8.19. The first kappa shape index (κ1) is 20.8. The van der Waals surface area contributed by atoms with Gasteiger partial charge in [-0.25, -0.2) is 0 Å². The molecule has 1 aromatic carbocycles. The van der Waals surface area contributed by atoms with Gasteiger partial charge in [0.1, 0.15) is 16.9 Å². The van der Waals surface area contributed by atoms with E-state index in [0.717, 1.165) is 17.3 Å². The van der Waals surface area contributed by atoms with Crippen LogP contribution in [-0.2, 0) is 20.8 Å². The van der Waals surface area contributed by atoms with Gasteiger partial charge >= 0.3 is 0 Å². The molecular weight excluding hydrogens is 366 g/mol. The molecule has 0 aliphatic carbocycles. The Bertz CT molecular complexity index is 749. The van der Waals surface area contributed by atoms with Crippen LogP contribution in [0.2, 0.25) is 0 Å². The lowest BCUT2D eigenvalue weighted by Gasteiger charge is -2.31. The summed E-state index contributed by atoms with van der Waals surface area (Å²) in [7, 11) is 0. The van der Waals surface area contributed by atoms with E-state index in [-0.39, 0.29) is 12.4 Å². The molecule has 1 heterocycles. The fourth-order valence-corrected chi connectivity index (χ4v) is 4.03. The van der Waals surface area contributed by atoms with Gasteiger partial charge in [0.2, 0.25) is 11.8 Å². The summed E-state index contributed by atoms with van der Waals surface area (Å²) >= 11 is 1.08. The second-order valence-corrected chi connectivity index (χ2v) is 7.64. The molecule has 1 aromatic rings. The molecule has 8 heteroatoms. The predicted octanol–water partition coefficient (Wildman–Crippen LogP) is -0.311. The molecule has 1 unspecified atom stereocenters. The molecule has 1 aliphatic heterocycles. The monoisotopic (exact) mass is 388 g/mol. The van der Waals surface area contributed by atoms with Crippen molar-refractivity contribution in [3.63, 3.8) is 0 Å². The van der Waals surface area contributed by atoms with Crippen LogP contribution < -0.4 is 11.1 Å². The third-order valence-electron chi connectivity index (χ3n) is 4.39. The maximum Gasteiger partial charge on any atom is 0.253 e. The summed E-state index contributed by atoms with van der Waals surface area (Å²) in [6.45, 7) is 1.47. The topological polar surface area (TPSA) is 113 Å². The van der Waals surface area contributed by atoms with Gasteiger partial charge in [-0.15, -0.1) is 18.2 Å². The summed E-state index contributed by atoms with van der Waals surface area (Å²) < 4.78 is -1.31. The highest BCUT2D eigenvalue weighted by Gasteiger charge is 2.55. The smallest absolute Gasteiger partial charge is 0.253 e. The van der Waals surface area contributed by atoms with E-state index >= 15 is 0 Å². The van der Waals surface area contributed by atoms with Crippen molar-refractivity contribution in [2.45, 2.75) is 30.2 Å². The Labute approximate surface area is 162 Å². The third kappa shape index (κ3) is 4.62. The molecule has 1 fully saturated rings. The quantitative estimate of drug-likeness (QED) is 0.555. The molecule has 27 heavy (non-hydrogen) atoms. The first-order valence-electron chi connectivity index (χ1n) is 8.32. The van der Waals surface area contributed by atoms with Crippen molar-refractivity contribution in [2.75, 3.05) is 12.4 Å². The second-order valence-electron chi connectivity index (χ2n) is 6.25. The lowest BCUT2D eigenvalue weighted by Crippen LogP contribution is -2.59. The van der Waals surface area contributed by atoms with E-state index in [1.807, 2.05) is 30.3 Å². The van der Waals surface area contributed by atoms with Crippen molar-refractivity contribution in [3.8, 4) is 12.3 Å². The number of nitrogens with zero attached hydrogens (tertiary/aromatic N) is 1. The number of nitrogens with one attached hydrogen (secondary N) is 1. The highest BCUT2D eigenvalue weighted by Crippen LogP contribution is 2.40. The Hall–Kier alpha value is -2.50. The molecule has 0 bridgehead atoms. The van der Waals surface area contributed by atoms with E-state index in [1.54, 1.807) is 0 Å². The number of carbonyl (C=O) groups excluding carboxylic acids is 3. The number of hydrogen-bond acceptors (Lipinski definition) is 5.